The number of sulfonamides is 1. The number of nitrogens with zero attached hydrogens (tertiary/aromatic N) is 1. The Morgan fingerprint density at radius 1 is 1.14 bits per heavy atom. The molecule has 0 aliphatic carbocycles. The Kier molecular flexibility index (Phi) is 6.96. The molecule has 5 nitrogen and oxygen atoms in total. The van der Waals surface area contributed by atoms with Crippen molar-refractivity contribution in [2.75, 3.05) is 13.6 Å². The fourth-order valence-electron chi connectivity index (χ4n) is 3.26. The highest BCUT2D eigenvalue weighted by molar-refractivity contribution is 7.89. The molecule has 0 radical (unpaired) electrons. The first kappa shape index (κ1) is 21.5. The smallest absolute Gasteiger partial charge is 0.244 e. The highest BCUT2D eigenvalue weighted by Gasteiger charge is 2.27. The molecule has 0 amide bonds. The third kappa shape index (κ3) is 4.84. The number of hydrogen-bond acceptors (Lipinski definition) is 4. The van der Waals surface area contributed by atoms with E-state index >= 15 is 0 Å². The van der Waals surface area contributed by atoms with Crippen molar-refractivity contribution >= 4 is 33.2 Å². The number of benzene rings is 2. The van der Waals surface area contributed by atoms with Crippen LogP contribution in [0.25, 0.3) is 0 Å². The zero-order valence-corrected chi connectivity index (χ0v) is 17.7. The summed E-state index contributed by atoms with van der Waals surface area (Å²) in [7, 11) is -2.16. The first-order valence-corrected chi connectivity index (χ1v) is 11.2. The summed E-state index contributed by atoms with van der Waals surface area (Å²) >= 11 is 12.0. The fraction of sp³-hybridized carbons (Fsp3) is 0.368. The van der Waals surface area contributed by atoms with Crippen molar-refractivity contribution in [2.24, 2.45) is 0 Å². The topological polar surface area (TPSA) is 61.4 Å². The molecular weight excluding hydrogens is 424 g/mol. The van der Waals surface area contributed by atoms with Crippen LogP contribution in [0.4, 0.5) is 4.39 Å². The average Bonchev–Trinajstić information content (AvgIpc) is 3.13. The van der Waals surface area contributed by atoms with Crippen LogP contribution >= 0.6 is 23.2 Å². The highest BCUT2D eigenvalue weighted by Crippen LogP contribution is 2.31. The van der Waals surface area contributed by atoms with E-state index in [0.29, 0.717) is 13.0 Å². The van der Waals surface area contributed by atoms with Gasteiger partial charge in [0.15, 0.2) is 0 Å². The van der Waals surface area contributed by atoms with Gasteiger partial charge in [0, 0.05) is 25.7 Å². The van der Waals surface area contributed by atoms with E-state index in [2.05, 4.69) is 10.9 Å². The molecule has 3 rings (SSSR count). The molecule has 2 unspecified atom stereocenters. The van der Waals surface area contributed by atoms with Gasteiger partial charge in [-0.15, -0.1) is 0 Å². The Morgan fingerprint density at radius 2 is 1.86 bits per heavy atom. The Balaban J connectivity index is 1.52. The molecule has 9 heteroatoms. The summed E-state index contributed by atoms with van der Waals surface area (Å²) in [6.45, 7) is 0.366. The Labute approximate surface area is 174 Å². The molecule has 0 saturated carbocycles. The van der Waals surface area contributed by atoms with E-state index in [0.717, 1.165) is 18.4 Å². The van der Waals surface area contributed by atoms with Gasteiger partial charge in [-0.2, -0.15) is 0 Å². The fourth-order valence-corrected chi connectivity index (χ4v) is 5.20. The minimum Gasteiger partial charge on any atom is -0.254 e. The van der Waals surface area contributed by atoms with Gasteiger partial charge in [0.2, 0.25) is 10.0 Å². The van der Waals surface area contributed by atoms with Crippen LogP contribution in [0.3, 0.4) is 0 Å². The normalized spacial score (nSPS) is 20.0. The van der Waals surface area contributed by atoms with Crippen LogP contribution in [0.5, 0.6) is 0 Å². The molecule has 2 atom stereocenters. The van der Waals surface area contributed by atoms with E-state index in [1.165, 1.54) is 29.6 Å². The van der Waals surface area contributed by atoms with Crippen LogP contribution in [0.2, 0.25) is 10.0 Å². The molecule has 152 valence electrons. The van der Waals surface area contributed by atoms with Gasteiger partial charge in [0.1, 0.15) is 10.7 Å². The number of hydrogen-bond donors (Lipinski definition) is 2. The van der Waals surface area contributed by atoms with Gasteiger partial charge in [-0.25, -0.2) is 17.1 Å². The van der Waals surface area contributed by atoms with Crippen molar-refractivity contribution in [1.29, 1.82) is 0 Å². The van der Waals surface area contributed by atoms with Crippen LogP contribution in [0.15, 0.2) is 47.4 Å². The molecule has 1 aliphatic heterocycles. The van der Waals surface area contributed by atoms with Gasteiger partial charge in [-0.05, 0) is 49.1 Å². The third-order valence-corrected chi connectivity index (χ3v) is 7.71. The van der Waals surface area contributed by atoms with Gasteiger partial charge >= 0.3 is 0 Å². The van der Waals surface area contributed by atoms with Gasteiger partial charge < -0.3 is 0 Å². The first-order valence-electron chi connectivity index (χ1n) is 8.96. The molecule has 1 aliphatic rings. The van der Waals surface area contributed by atoms with E-state index in [1.807, 2.05) is 0 Å². The highest BCUT2D eigenvalue weighted by atomic mass is 35.5. The summed E-state index contributed by atoms with van der Waals surface area (Å²) in [5, 5.41) is 0.254. The lowest BCUT2D eigenvalue weighted by molar-refractivity contribution is 0.428. The lowest BCUT2D eigenvalue weighted by atomic mass is 10.00. The molecule has 1 fully saturated rings. The maximum Gasteiger partial charge on any atom is 0.244 e. The second kappa shape index (κ2) is 9.07. The van der Waals surface area contributed by atoms with E-state index in [-0.39, 0.29) is 32.8 Å². The average molecular weight is 446 g/mol. The van der Waals surface area contributed by atoms with E-state index in [4.69, 9.17) is 23.2 Å². The van der Waals surface area contributed by atoms with Crippen molar-refractivity contribution in [3.05, 3.63) is 63.9 Å². The quantitative estimate of drug-likeness (QED) is 0.671. The third-order valence-electron chi connectivity index (χ3n) is 4.88. The summed E-state index contributed by atoms with van der Waals surface area (Å²) in [5.74, 6) is -0.254. The van der Waals surface area contributed by atoms with Gasteiger partial charge in [0.05, 0.1) is 10.0 Å². The van der Waals surface area contributed by atoms with Crippen molar-refractivity contribution in [1.82, 2.24) is 15.2 Å². The molecule has 2 N–H and O–H groups in total. The summed E-state index contributed by atoms with van der Waals surface area (Å²) in [6, 6.07) is 11.3. The van der Waals surface area contributed by atoms with Crippen molar-refractivity contribution in [3.63, 3.8) is 0 Å². The minimum absolute atomic E-state index is 0.0150. The summed E-state index contributed by atoms with van der Waals surface area (Å²) < 4.78 is 39.8. The van der Waals surface area contributed by atoms with Gasteiger partial charge in [0.25, 0.3) is 0 Å². The lowest BCUT2D eigenvalue weighted by Crippen LogP contribution is -2.32. The summed E-state index contributed by atoms with van der Waals surface area (Å²) in [5.41, 5.74) is 7.46. The minimum atomic E-state index is -3.70. The van der Waals surface area contributed by atoms with E-state index < -0.39 is 10.0 Å². The maximum absolute atomic E-state index is 13.1. The lowest BCUT2D eigenvalue weighted by Gasteiger charge is -2.19. The van der Waals surface area contributed by atoms with Crippen LogP contribution in [0, 0.1) is 5.82 Å². The molecule has 2 aromatic rings. The number of hydrazine groups is 1. The number of rotatable bonds is 7. The van der Waals surface area contributed by atoms with Crippen molar-refractivity contribution < 1.29 is 12.8 Å². The largest absolute Gasteiger partial charge is 0.254 e. The standard InChI is InChI=1S/C19H22Cl2FN3O2S/c1-25(28(26,27)18-6-2-5-16(20)19(18)21)11-3-4-15-12-17(24-23-15)13-7-9-14(22)10-8-13/h2,5-10,15,17,23-24H,3-4,11-12H2,1H3. The number of nitrogens with one attached hydrogen (secondary N) is 2. The van der Waals surface area contributed by atoms with Crippen molar-refractivity contribution in [3.8, 4) is 0 Å². The van der Waals surface area contributed by atoms with E-state index in [9.17, 15) is 12.8 Å². The van der Waals surface area contributed by atoms with E-state index in [1.54, 1.807) is 24.3 Å². The second-order valence-corrected chi connectivity index (χ2v) is 9.64. The molecule has 2 aromatic carbocycles. The Morgan fingerprint density at radius 3 is 2.57 bits per heavy atom. The van der Waals surface area contributed by atoms with Gasteiger partial charge in [-0.3, -0.25) is 10.9 Å². The predicted octanol–water partition coefficient (Wildman–Crippen LogP) is 4.14. The molecule has 0 bridgehead atoms. The van der Waals surface area contributed by atoms with Crippen molar-refractivity contribution in [2.45, 2.75) is 36.2 Å². The Hall–Kier alpha value is -1.22. The first-order chi connectivity index (χ1) is 13.3. The number of halogens is 3. The molecule has 0 aromatic heterocycles. The van der Waals surface area contributed by atoms with Crippen LogP contribution in [0.1, 0.15) is 30.9 Å². The molecule has 28 heavy (non-hydrogen) atoms. The van der Waals surface area contributed by atoms with Crippen LogP contribution < -0.4 is 10.9 Å². The SMILES string of the molecule is CN(CCCC1CC(c2ccc(F)cc2)NN1)S(=O)(=O)c1cccc(Cl)c1Cl. The molecule has 0 spiro atoms. The second-order valence-electron chi connectivity index (χ2n) is 6.85. The summed E-state index contributed by atoms with van der Waals surface area (Å²) in [6.07, 6.45) is 2.33. The maximum atomic E-state index is 13.1. The monoisotopic (exact) mass is 445 g/mol. The molecular formula is C19H22Cl2FN3O2S. The predicted molar refractivity (Wildman–Crippen MR) is 109 cm³/mol. The van der Waals surface area contributed by atoms with Crippen LogP contribution in [-0.4, -0.2) is 32.4 Å². The van der Waals surface area contributed by atoms with Gasteiger partial charge in [-0.1, -0.05) is 41.4 Å². The summed E-state index contributed by atoms with van der Waals surface area (Å²) in [4.78, 5) is 0.0150. The molecule has 1 heterocycles. The zero-order chi connectivity index (χ0) is 20.3. The zero-order valence-electron chi connectivity index (χ0n) is 15.3. The van der Waals surface area contributed by atoms with Crippen LogP contribution in [-0.2, 0) is 10.0 Å². The molecule has 1 saturated heterocycles. The Bertz CT molecular complexity index is 925.